The molecule has 1 aromatic carbocycles. The van der Waals surface area contributed by atoms with Crippen LogP contribution < -0.4 is 10.2 Å². The summed E-state index contributed by atoms with van der Waals surface area (Å²) in [4.78, 5) is 18.3. The van der Waals surface area contributed by atoms with Gasteiger partial charge in [-0.25, -0.2) is 4.98 Å². The molecule has 0 atom stereocenters. The van der Waals surface area contributed by atoms with Gasteiger partial charge in [0.15, 0.2) is 0 Å². The molecule has 0 spiro atoms. The van der Waals surface area contributed by atoms with E-state index >= 15 is 0 Å². The van der Waals surface area contributed by atoms with Crippen molar-refractivity contribution in [1.82, 2.24) is 4.98 Å². The van der Waals surface area contributed by atoms with Crippen LogP contribution in [-0.2, 0) is 6.18 Å². The number of carbonyl (C=O) groups excluding carboxylic acids is 1. The first-order chi connectivity index (χ1) is 12.2. The summed E-state index contributed by atoms with van der Waals surface area (Å²) in [6, 6.07) is 6.49. The first kappa shape index (κ1) is 20.0. The Hall–Kier alpha value is -2.28. The van der Waals surface area contributed by atoms with Gasteiger partial charge in [-0.3, -0.25) is 4.79 Å². The molecule has 0 unspecified atom stereocenters. The number of pyridine rings is 1. The van der Waals surface area contributed by atoms with Crippen molar-refractivity contribution in [2.75, 3.05) is 23.8 Å². The Kier molecular flexibility index (Phi) is 6.47. The highest BCUT2D eigenvalue weighted by molar-refractivity contribution is 6.31. The number of rotatable bonds is 6. The monoisotopic (exact) mass is 385 g/mol. The molecule has 0 fully saturated rings. The maximum Gasteiger partial charge on any atom is 0.417 e. The predicted octanol–water partition coefficient (Wildman–Crippen LogP) is 5.24. The number of halogens is 4. The van der Waals surface area contributed by atoms with Crippen LogP contribution in [0.4, 0.5) is 24.5 Å². The second-order valence-corrected chi connectivity index (χ2v) is 6.23. The van der Waals surface area contributed by atoms with E-state index in [1.165, 1.54) is 12.1 Å². The van der Waals surface area contributed by atoms with E-state index < -0.39 is 22.7 Å². The third-order valence-corrected chi connectivity index (χ3v) is 4.13. The minimum atomic E-state index is -4.60. The van der Waals surface area contributed by atoms with Gasteiger partial charge >= 0.3 is 6.18 Å². The van der Waals surface area contributed by atoms with Gasteiger partial charge in [-0.1, -0.05) is 24.9 Å². The molecule has 0 bridgehead atoms. The fourth-order valence-corrected chi connectivity index (χ4v) is 2.51. The van der Waals surface area contributed by atoms with Crippen molar-refractivity contribution >= 4 is 28.9 Å². The molecule has 0 aliphatic heterocycles. The zero-order chi connectivity index (χ0) is 19.3. The molecule has 8 heteroatoms. The molecular weight excluding hydrogens is 367 g/mol. The lowest BCUT2D eigenvalue weighted by Crippen LogP contribution is -2.19. The van der Waals surface area contributed by atoms with Gasteiger partial charge in [0.05, 0.1) is 22.5 Å². The Labute approximate surface area is 155 Å². The van der Waals surface area contributed by atoms with Crippen LogP contribution >= 0.6 is 11.6 Å². The van der Waals surface area contributed by atoms with Crippen molar-refractivity contribution in [3.05, 3.63) is 52.8 Å². The minimum Gasteiger partial charge on any atom is -0.373 e. The number of carbonyl (C=O) groups is 1. The van der Waals surface area contributed by atoms with Crippen LogP contribution in [0.25, 0.3) is 0 Å². The lowest BCUT2D eigenvalue weighted by atomic mass is 10.2. The maximum atomic E-state index is 12.9. The van der Waals surface area contributed by atoms with Crippen LogP contribution in [-0.4, -0.2) is 24.5 Å². The molecule has 1 amide bonds. The molecule has 1 aromatic heterocycles. The van der Waals surface area contributed by atoms with Crippen LogP contribution in [0.15, 0.2) is 36.5 Å². The molecule has 140 valence electrons. The highest BCUT2D eigenvalue weighted by atomic mass is 35.5. The van der Waals surface area contributed by atoms with E-state index in [2.05, 4.69) is 17.2 Å². The number of hydrogen-bond acceptors (Lipinski definition) is 3. The summed E-state index contributed by atoms with van der Waals surface area (Å²) in [5.74, 6) is -0.594. The van der Waals surface area contributed by atoms with Crippen molar-refractivity contribution in [1.29, 1.82) is 0 Å². The lowest BCUT2D eigenvalue weighted by Gasteiger charge is -2.18. The molecule has 2 rings (SSSR count). The van der Waals surface area contributed by atoms with Gasteiger partial charge in [0.1, 0.15) is 5.69 Å². The van der Waals surface area contributed by atoms with Crippen molar-refractivity contribution in [3.8, 4) is 0 Å². The third-order valence-electron chi connectivity index (χ3n) is 3.80. The molecule has 26 heavy (non-hydrogen) atoms. The van der Waals surface area contributed by atoms with Crippen LogP contribution in [0.2, 0.25) is 5.02 Å². The Morgan fingerprint density at radius 3 is 2.58 bits per heavy atom. The van der Waals surface area contributed by atoms with Crippen LogP contribution in [0, 0.1) is 0 Å². The van der Waals surface area contributed by atoms with Crippen molar-refractivity contribution in [2.45, 2.75) is 25.9 Å². The number of hydrogen-bond donors (Lipinski definition) is 1. The summed E-state index contributed by atoms with van der Waals surface area (Å²) in [5, 5.41) is 1.98. The molecule has 2 aromatic rings. The number of alkyl halides is 3. The van der Waals surface area contributed by atoms with E-state index in [9.17, 15) is 18.0 Å². The van der Waals surface area contributed by atoms with E-state index in [1.807, 2.05) is 11.9 Å². The number of anilines is 2. The standard InChI is InChI=1S/C18H19ClF3N3O/c1-3-4-9-25(2)13-6-8-16(23-11-13)17(26)24-12-5-7-15(19)14(10-12)18(20,21)22/h5-8,10-11H,3-4,9H2,1-2H3,(H,24,26). The largest absolute Gasteiger partial charge is 0.417 e. The summed E-state index contributed by atoms with van der Waals surface area (Å²) >= 11 is 5.57. The Morgan fingerprint density at radius 1 is 1.27 bits per heavy atom. The number of nitrogens with one attached hydrogen (secondary N) is 1. The Balaban J connectivity index is 2.11. The fourth-order valence-electron chi connectivity index (χ4n) is 2.29. The lowest BCUT2D eigenvalue weighted by molar-refractivity contribution is -0.137. The Bertz CT molecular complexity index is 763. The average Bonchev–Trinajstić information content (AvgIpc) is 2.60. The first-order valence-corrected chi connectivity index (χ1v) is 8.45. The molecule has 4 nitrogen and oxygen atoms in total. The van der Waals surface area contributed by atoms with E-state index in [-0.39, 0.29) is 11.4 Å². The van der Waals surface area contributed by atoms with E-state index in [4.69, 9.17) is 11.6 Å². The number of unbranched alkanes of at least 4 members (excludes halogenated alkanes) is 1. The third kappa shape index (κ3) is 5.11. The molecule has 0 radical (unpaired) electrons. The quantitative estimate of drug-likeness (QED) is 0.739. The summed E-state index contributed by atoms with van der Waals surface area (Å²) in [7, 11) is 1.93. The first-order valence-electron chi connectivity index (χ1n) is 8.07. The summed E-state index contributed by atoms with van der Waals surface area (Å²) in [6.45, 7) is 2.97. The number of aromatic nitrogens is 1. The van der Waals surface area contributed by atoms with Crippen molar-refractivity contribution < 1.29 is 18.0 Å². The molecule has 0 saturated carbocycles. The van der Waals surface area contributed by atoms with Gasteiger partial charge in [-0.15, -0.1) is 0 Å². The molecular formula is C18H19ClF3N3O. The highest BCUT2D eigenvalue weighted by Crippen LogP contribution is 2.36. The SMILES string of the molecule is CCCCN(C)c1ccc(C(=O)Nc2ccc(Cl)c(C(F)(F)F)c2)nc1. The topological polar surface area (TPSA) is 45.2 Å². The second-order valence-electron chi connectivity index (χ2n) is 5.82. The van der Waals surface area contributed by atoms with Crippen LogP contribution in [0.3, 0.4) is 0 Å². The smallest absolute Gasteiger partial charge is 0.373 e. The average molecular weight is 386 g/mol. The van der Waals surface area contributed by atoms with Gasteiger partial charge < -0.3 is 10.2 Å². The van der Waals surface area contributed by atoms with Gasteiger partial charge in [-0.2, -0.15) is 13.2 Å². The maximum absolute atomic E-state index is 12.9. The number of benzene rings is 1. The number of nitrogens with zero attached hydrogens (tertiary/aromatic N) is 2. The molecule has 0 aliphatic carbocycles. The predicted molar refractivity (Wildman–Crippen MR) is 96.8 cm³/mol. The fraction of sp³-hybridized carbons (Fsp3) is 0.333. The Morgan fingerprint density at radius 2 is 2.00 bits per heavy atom. The highest BCUT2D eigenvalue weighted by Gasteiger charge is 2.33. The van der Waals surface area contributed by atoms with E-state index in [0.717, 1.165) is 37.2 Å². The summed E-state index contributed by atoms with van der Waals surface area (Å²) < 4.78 is 38.7. The zero-order valence-corrected chi connectivity index (χ0v) is 15.2. The summed E-state index contributed by atoms with van der Waals surface area (Å²) in [6.07, 6.45) is -0.926. The van der Waals surface area contributed by atoms with Gasteiger partial charge in [-0.05, 0) is 36.8 Å². The van der Waals surface area contributed by atoms with E-state index in [0.29, 0.717) is 0 Å². The summed E-state index contributed by atoms with van der Waals surface area (Å²) in [5.41, 5.74) is -0.0301. The van der Waals surface area contributed by atoms with Gasteiger partial charge in [0, 0.05) is 19.3 Å². The molecule has 1 N–H and O–H groups in total. The van der Waals surface area contributed by atoms with Crippen molar-refractivity contribution in [3.63, 3.8) is 0 Å². The zero-order valence-electron chi connectivity index (χ0n) is 14.4. The van der Waals surface area contributed by atoms with Crippen LogP contribution in [0.1, 0.15) is 35.8 Å². The van der Waals surface area contributed by atoms with Gasteiger partial charge in [0.25, 0.3) is 5.91 Å². The van der Waals surface area contributed by atoms with E-state index in [1.54, 1.807) is 12.3 Å². The number of amides is 1. The van der Waals surface area contributed by atoms with Crippen molar-refractivity contribution in [2.24, 2.45) is 0 Å². The normalized spacial score (nSPS) is 11.3. The minimum absolute atomic E-state index is 0.00216. The molecule has 0 aliphatic rings. The van der Waals surface area contributed by atoms with Crippen LogP contribution in [0.5, 0.6) is 0 Å². The second kappa shape index (κ2) is 8.40. The molecule has 1 heterocycles. The van der Waals surface area contributed by atoms with Gasteiger partial charge in [0.2, 0.25) is 0 Å². The molecule has 0 saturated heterocycles.